The molecule has 2 unspecified atom stereocenters. The van der Waals surface area contributed by atoms with Crippen molar-refractivity contribution in [2.75, 3.05) is 6.54 Å². The van der Waals surface area contributed by atoms with Gasteiger partial charge in [0.25, 0.3) is 0 Å². The van der Waals surface area contributed by atoms with Crippen molar-refractivity contribution in [2.24, 2.45) is 5.92 Å². The van der Waals surface area contributed by atoms with E-state index in [2.05, 4.69) is 48.7 Å². The highest BCUT2D eigenvalue weighted by Crippen LogP contribution is 2.17. The topological polar surface area (TPSA) is 41.1 Å². The maximum Gasteiger partial charge on any atom is 0.221 e. The minimum absolute atomic E-state index is 0.149. The zero-order valence-corrected chi connectivity index (χ0v) is 12.6. The van der Waals surface area contributed by atoms with Gasteiger partial charge in [0.15, 0.2) is 0 Å². The first-order valence-electron chi connectivity index (χ1n) is 7.77. The van der Waals surface area contributed by atoms with Crippen LogP contribution in [0.5, 0.6) is 0 Å². The summed E-state index contributed by atoms with van der Waals surface area (Å²) in [5.41, 5.74) is 2.50. The summed E-state index contributed by atoms with van der Waals surface area (Å²) in [5.74, 6) is 0.745. The van der Waals surface area contributed by atoms with E-state index in [9.17, 15) is 4.79 Å². The number of piperidine rings is 1. The first-order valence-corrected chi connectivity index (χ1v) is 7.77. The molecule has 1 aliphatic heterocycles. The van der Waals surface area contributed by atoms with Crippen LogP contribution in [0.2, 0.25) is 0 Å². The van der Waals surface area contributed by atoms with Crippen molar-refractivity contribution in [3.63, 3.8) is 0 Å². The predicted molar refractivity (Wildman–Crippen MR) is 82.5 cm³/mol. The number of hydrogen-bond acceptors (Lipinski definition) is 2. The highest BCUT2D eigenvalue weighted by atomic mass is 16.1. The molecule has 1 aromatic carbocycles. The van der Waals surface area contributed by atoms with E-state index in [0.29, 0.717) is 24.9 Å². The van der Waals surface area contributed by atoms with Gasteiger partial charge in [-0.3, -0.25) is 4.79 Å². The number of benzene rings is 1. The second-order valence-corrected chi connectivity index (χ2v) is 5.83. The average molecular weight is 274 g/mol. The highest BCUT2D eigenvalue weighted by Gasteiger charge is 2.22. The molecule has 3 nitrogen and oxygen atoms in total. The molecule has 20 heavy (non-hydrogen) atoms. The number of carbonyl (C=O) groups is 1. The van der Waals surface area contributed by atoms with Crippen LogP contribution in [0.3, 0.4) is 0 Å². The minimum Gasteiger partial charge on any atom is -0.352 e. The monoisotopic (exact) mass is 274 g/mol. The molecule has 110 valence electrons. The van der Waals surface area contributed by atoms with Crippen LogP contribution in [0.4, 0.5) is 0 Å². The van der Waals surface area contributed by atoms with Crippen molar-refractivity contribution < 1.29 is 4.79 Å². The number of aryl methyl sites for hydroxylation is 1. The molecule has 0 aliphatic carbocycles. The Bertz CT molecular complexity index is 427. The largest absolute Gasteiger partial charge is 0.352 e. The van der Waals surface area contributed by atoms with Crippen LogP contribution in [0.25, 0.3) is 0 Å². The van der Waals surface area contributed by atoms with Crippen molar-refractivity contribution in [1.82, 2.24) is 10.6 Å². The third-order valence-corrected chi connectivity index (χ3v) is 4.26. The van der Waals surface area contributed by atoms with Gasteiger partial charge in [-0.1, -0.05) is 38.1 Å². The fourth-order valence-corrected chi connectivity index (χ4v) is 2.75. The van der Waals surface area contributed by atoms with Crippen LogP contribution >= 0.6 is 0 Å². The maximum atomic E-state index is 12.0. The van der Waals surface area contributed by atoms with E-state index >= 15 is 0 Å². The van der Waals surface area contributed by atoms with Gasteiger partial charge in [-0.15, -0.1) is 0 Å². The molecule has 1 fully saturated rings. The quantitative estimate of drug-likeness (QED) is 0.866. The van der Waals surface area contributed by atoms with Crippen molar-refractivity contribution >= 4 is 5.91 Å². The van der Waals surface area contributed by atoms with Gasteiger partial charge in [0, 0.05) is 19.0 Å². The number of carbonyl (C=O) groups excluding carboxylic acids is 1. The molecule has 1 aliphatic rings. The lowest BCUT2D eigenvalue weighted by molar-refractivity contribution is -0.122. The van der Waals surface area contributed by atoms with Gasteiger partial charge >= 0.3 is 0 Å². The van der Waals surface area contributed by atoms with Crippen molar-refractivity contribution in [2.45, 2.75) is 52.1 Å². The van der Waals surface area contributed by atoms with E-state index in [0.717, 1.165) is 13.0 Å². The molecule has 2 rings (SSSR count). The standard InChI is InChI=1S/C17H26N2O/c1-3-14-6-8-15(9-7-14)12-19-17(20)11-16-13(2)5-4-10-18-16/h6-9,13,16,18H,3-5,10-12H2,1-2H3,(H,19,20). The van der Waals surface area contributed by atoms with Crippen LogP contribution in [-0.2, 0) is 17.8 Å². The molecule has 3 heteroatoms. The molecule has 0 radical (unpaired) electrons. The zero-order valence-electron chi connectivity index (χ0n) is 12.6. The second kappa shape index (κ2) is 7.44. The normalized spacial score (nSPS) is 22.5. The van der Waals surface area contributed by atoms with Gasteiger partial charge < -0.3 is 10.6 Å². The van der Waals surface area contributed by atoms with E-state index in [4.69, 9.17) is 0 Å². The molecule has 2 N–H and O–H groups in total. The molecule has 2 atom stereocenters. The molecular weight excluding hydrogens is 248 g/mol. The Balaban J connectivity index is 1.76. The SMILES string of the molecule is CCc1ccc(CNC(=O)CC2NCCCC2C)cc1. The second-order valence-electron chi connectivity index (χ2n) is 5.83. The molecule has 0 spiro atoms. The molecule has 0 saturated carbocycles. The fourth-order valence-electron chi connectivity index (χ4n) is 2.75. The Labute approximate surface area is 122 Å². The van der Waals surface area contributed by atoms with Crippen LogP contribution in [0.15, 0.2) is 24.3 Å². The number of rotatable bonds is 5. The third-order valence-electron chi connectivity index (χ3n) is 4.26. The molecule has 1 aromatic rings. The minimum atomic E-state index is 0.149. The lowest BCUT2D eigenvalue weighted by atomic mass is 9.90. The summed E-state index contributed by atoms with van der Waals surface area (Å²) in [6.07, 6.45) is 4.10. The third kappa shape index (κ3) is 4.34. The molecule has 0 bridgehead atoms. The van der Waals surface area contributed by atoms with Crippen LogP contribution in [-0.4, -0.2) is 18.5 Å². The summed E-state index contributed by atoms with van der Waals surface area (Å²) >= 11 is 0. The summed E-state index contributed by atoms with van der Waals surface area (Å²) in [6, 6.07) is 8.80. The van der Waals surface area contributed by atoms with Gasteiger partial charge in [0.1, 0.15) is 0 Å². The van der Waals surface area contributed by atoms with E-state index < -0.39 is 0 Å². The average Bonchev–Trinajstić information content (AvgIpc) is 2.48. The Hall–Kier alpha value is -1.35. The Kier molecular flexibility index (Phi) is 5.60. The Morgan fingerprint density at radius 2 is 2.00 bits per heavy atom. The Morgan fingerprint density at radius 1 is 1.30 bits per heavy atom. The van der Waals surface area contributed by atoms with Gasteiger partial charge in [-0.05, 0) is 42.9 Å². The summed E-state index contributed by atoms with van der Waals surface area (Å²) < 4.78 is 0. The van der Waals surface area contributed by atoms with Gasteiger partial charge in [0.2, 0.25) is 5.91 Å². The molecular formula is C17H26N2O. The first kappa shape index (κ1) is 15.0. The van der Waals surface area contributed by atoms with Crippen molar-refractivity contribution in [1.29, 1.82) is 0 Å². The summed E-state index contributed by atoms with van der Waals surface area (Å²) in [6.45, 7) is 6.05. The summed E-state index contributed by atoms with van der Waals surface area (Å²) in [4.78, 5) is 12.0. The number of amides is 1. The van der Waals surface area contributed by atoms with Crippen molar-refractivity contribution in [3.8, 4) is 0 Å². The van der Waals surface area contributed by atoms with E-state index in [1.165, 1.54) is 24.0 Å². The van der Waals surface area contributed by atoms with Crippen LogP contribution in [0.1, 0.15) is 44.2 Å². The lowest BCUT2D eigenvalue weighted by Crippen LogP contribution is -2.43. The predicted octanol–water partition coefficient (Wildman–Crippen LogP) is 2.64. The van der Waals surface area contributed by atoms with Crippen LogP contribution < -0.4 is 10.6 Å². The smallest absolute Gasteiger partial charge is 0.221 e. The highest BCUT2D eigenvalue weighted by molar-refractivity contribution is 5.76. The Morgan fingerprint density at radius 3 is 2.65 bits per heavy atom. The lowest BCUT2D eigenvalue weighted by Gasteiger charge is -2.29. The van der Waals surface area contributed by atoms with E-state index in [1.54, 1.807) is 0 Å². The van der Waals surface area contributed by atoms with Crippen LogP contribution in [0, 0.1) is 5.92 Å². The first-order chi connectivity index (χ1) is 9.69. The molecule has 1 heterocycles. The van der Waals surface area contributed by atoms with Gasteiger partial charge in [-0.2, -0.15) is 0 Å². The number of nitrogens with one attached hydrogen (secondary N) is 2. The van der Waals surface area contributed by atoms with E-state index in [-0.39, 0.29) is 5.91 Å². The maximum absolute atomic E-state index is 12.0. The van der Waals surface area contributed by atoms with Gasteiger partial charge in [-0.25, -0.2) is 0 Å². The number of hydrogen-bond donors (Lipinski definition) is 2. The summed E-state index contributed by atoms with van der Waals surface area (Å²) in [7, 11) is 0. The fraction of sp³-hybridized carbons (Fsp3) is 0.588. The molecule has 1 amide bonds. The van der Waals surface area contributed by atoms with Gasteiger partial charge in [0.05, 0.1) is 0 Å². The van der Waals surface area contributed by atoms with Crippen molar-refractivity contribution in [3.05, 3.63) is 35.4 Å². The summed E-state index contributed by atoms with van der Waals surface area (Å²) in [5, 5.41) is 6.48. The van der Waals surface area contributed by atoms with E-state index in [1.807, 2.05) is 0 Å². The molecule has 1 saturated heterocycles. The zero-order chi connectivity index (χ0) is 14.4. The molecule has 0 aromatic heterocycles.